The predicted octanol–water partition coefficient (Wildman–Crippen LogP) is 3.50. The molecule has 6 nitrogen and oxygen atoms in total. The molecule has 3 N–H and O–H groups in total. The molecular weight excluding hydrogens is 390 g/mol. The van der Waals surface area contributed by atoms with E-state index in [0.29, 0.717) is 16.8 Å². The van der Waals surface area contributed by atoms with Crippen LogP contribution in [0.5, 0.6) is 0 Å². The molecule has 3 aromatic carbocycles. The lowest BCUT2D eigenvalue weighted by Gasteiger charge is -2.09. The second kappa shape index (κ2) is 7.47. The minimum absolute atomic E-state index is 0.127. The van der Waals surface area contributed by atoms with Crippen molar-refractivity contribution in [2.24, 2.45) is 7.05 Å². The zero-order valence-corrected chi connectivity index (χ0v) is 16.0. The van der Waals surface area contributed by atoms with Gasteiger partial charge in [-0.25, -0.2) is 13.6 Å². The highest BCUT2D eigenvalue weighted by atomic mass is 19.1. The molecule has 30 heavy (non-hydrogen) atoms. The van der Waals surface area contributed by atoms with Crippen LogP contribution < -0.4 is 16.7 Å². The average molecular weight is 408 g/mol. The minimum Gasteiger partial charge on any atom is -0.397 e. The molecule has 4 aromatic rings. The van der Waals surface area contributed by atoms with Crippen molar-refractivity contribution in [3.8, 4) is 0 Å². The van der Waals surface area contributed by atoms with E-state index in [1.54, 1.807) is 36.4 Å². The number of halogens is 2. The van der Waals surface area contributed by atoms with E-state index in [2.05, 4.69) is 5.32 Å². The Hall–Kier alpha value is -3.94. The number of carbonyl (C=O) groups excluding carboxylic acids is 1. The van der Waals surface area contributed by atoms with E-state index in [1.807, 2.05) is 0 Å². The summed E-state index contributed by atoms with van der Waals surface area (Å²) in [7, 11) is 1.53. The molecule has 0 aliphatic heterocycles. The molecule has 1 aromatic heterocycles. The van der Waals surface area contributed by atoms with Crippen LogP contribution in [0.2, 0.25) is 0 Å². The number of nitrogens with zero attached hydrogens (tertiary/aromatic N) is 2. The van der Waals surface area contributed by atoms with Crippen LogP contribution in [-0.4, -0.2) is 15.0 Å². The Morgan fingerprint density at radius 2 is 1.80 bits per heavy atom. The molecule has 0 radical (unpaired) electrons. The number of hydrogen-bond donors (Lipinski definition) is 2. The summed E-state index contributed by atoms with van der Waals surface area (Å²) in [5.41, 5.74) is 7.71. The largest absolute Gasteiger partial charge is 0.397 e. The fraction of sp³-hybridized carbons (Fsp3) is 0.0909. The molecule has 0 saturated carbocycles. The fourth-order valence-electron chi connectivity index (χ4n) is 3.37. The molecule has 0 unspecified atom stereocenters. The Morgan fingerprint density at radius 3 is 2.50 bits per heavy atom. The monoisotopic (exact) mass is 408 g/mol. The van der Waals surface area contributed by atoms with Crippen LogP contribution in [0.4, 0.5) is 20.2 Å². The number of rotatable bonds is 4. The zero-order valence-electron chi connectivity index (χ0n) is 16.0. The van der Waals surface area contributed by atoms with Crippen LogP contribution in [-0.2, 0) is 13.6 Å². The van der Waals surface area contributed by atoms with Gasteiger partial charge in [0.2, 0.25) is 0 Å². The molecule has 0 bridgehead atoms. The summed E-state index contributed by atoms with van der Waals surface area (Å²) in [4.78, 5) is 25.0. The summed E-state index contributed by atoms with van der Waals surface area (Å²) in [6.45, 7) is 0.229. The van der Waals surface area contributed by atoms with Gasteiger partial charge in [-0.2, -0.15) is 0 Å². The van der Waals surface area contributed by atoms with Crippen LogP contribution in [0.25, 0.3) is 11.0 Å². The van der Waals surface area contributed by atoms with E-state index in [1.165, 1.54) is 34.4 Å². The summed E-state index contributed by atoms with van der Waals surface area (Å²) in [5.74, 6) is -1.35. The molecule has 0 saturated heterocycles. The van der Waals surface area contributed by atoms with Crippen molar-refractivity contribution < 1.29 is 13.6 Å². The van der Waals surface area contributed by atoms with Gasteiger partial charge in [-0.15, -0.1) is 0 Å². The van der Waals surface area contributed by atoms with Crippen molar-refractivity contribution in [1.82, 2.24) is 9.13 Å². The number of nitrogen functional groups attached to an aromatic ring is 1. The van der Waals surface area contributed by atoms with Gasteiger partial charge in [-0.05, 0) is 48.0 Å². The topological polar surface area (TPSA) is 82.0 Å². The summed E-state index contributed by atoms with van der Waals surface area (Å²) in [5, 5.41) is 2.63. The van der Waals surface area contributed by atoms with Crippen LogP contribution in [0, 0.1) is 11.6 Å². The van der Waals surface area contributed by atoms with Crippen molar-refractivity contribution >= 4 is 28.3 Å². The second-order valence-corrected chi connectivity index (χ2v) is 6.92. The Bertz CT molecular complexity index is 1320. The van der Waals surface area contributed by atoms with E-state index in [0.717, 1.165) is 11.6 Å². The van der Waals surface area contributed by atoms with Gasteiger partial charge in [0.05, 0.1) is 23.4 Å². The van der Waals surface area contributed by atoms with Gasteiger partial charge < -0.3 is 11.1 Å². The van der Waals surface area contributed by atoms with Crippen molar-refractivity contribution in [3.05, 3.63) is 93.9 Å². The highest BCUT2D eigenvalue weighted by Crippen LogP contribution is 2.21. The number of imidazole rings is 1. The number of fused-ring (bicyclic) bond motifs is 1. The van der Waals surface area contributed by atoms with Gasteiger partial charge in [-0.1, -0.05) is 18.2 Å². The summed E-state index contributed by atoms with van der Waals surface area (Å²) in [6, 6.07) is 14.9. The van der Waals surface area contributed by atoms with E-state index in [4.69, 9.17) is 5.73 Å². The molecule has 152 valence electrons. The van der Waals surface area contributed by atoms with Crippen LogP contribution in [0.1, 0.15) is 15.9 Å². The molecule has 1 amide bonds. The third-order valence-corrected chi connectivity index (χ3v) is 4.93. The number of nitrogens with two attached hydrogens (primary N) is 1. The van der Waals surface area contributed by atoms with Gasteiger partial charge in [0.1, 0.15) is 17.2 Å². The average Bonchev–Trinajstić information content (AvgIpc) is 2.96. The van der Waals surface area contributed by atoms with Gasteiger partial charge >= 0.3 is 5.69 Å². The first-order valence-electron chi connectivity index (χ1n) is 9.14. The predicted molar refractivity (Wildman–Crippen MR) is 111 cm³/mol. The third kappa shape index (κ3) is 3.43. The molecule has 0 aliphatic carbocycles. The lowest BCUT2D eigenvalue weighted by atomic mass is 10.1. The van der Waals surface area contributed by atoms with E-state index in [-0.39, 0.29) is 23.4 Å². The van der Waals surface area contributed by atoms with E-state index < -0.39 is 17.5 Å². The first-order chi connectivity index (χ1) is 14.3. The van der Waals surface area contributed by atoms with Crippen LogP contribution in [0.3, 0.4) is 0 Å². The van der Waals surface area contributed by atoms with Crippen molar-refractivity contribution in [2.45, 2.75) is 6.54 Å². The van der Waals surface area contributed by atoms with E-state index in [9.17, 15) is 18.4 Å². The Morgan fingerprint density at radius 1 is 1.07 bits per heavy atom. The molecule has 0 spiro atoms. The minimum atomic E-state index is -0.488. The first kappa shape index (κ1) is 19.4. The number of hydrogen-bond acceptors (Lipinski definition) is 3. The number of para-hydroxylation sites is 1. The molecule has 0 fully saturated rings. The van der Waals surface area contributed by atoms with Gasteiger partial charge in [-0.3, -0.25) is 13.9 Å². The highest BCUT2D eigenvalue weighted by molar-refractivity contribution is 6.05. The van der Waals surface area contributed by atoms with E-state index >= 15 is 0 Å². The van der Waals surface area contributed by atoms with Crippen molar-refractivity contribution in [2.75, 3.05) is 11.1 Å². The number of nitrogens with one attached hydrogen (secondary N) is 1. The lowest BCUT2D eigenvalue weighted by molar-refractivity contribution is 0.102. The lowest BCUT2D eigenvalue weighted by Crippen LogP contribution is -2.22. The molecule has 1 heterocycles. The van der Waals surface area contributed by atoms with Crippen molar-refractivity contribution in [3.63, 3.8) is 0 Å². The number of benzene rings is 3. The normalized spacial score (nSPS) is 11.0. The van der Waals surface area contributed by atoms with Crippen LogP contribution >= 0.6 is 0 Å². The molecular formula is C22H18F2N4O2. The Balaban J connectivity index is 1.57. The molecule has 0 atom stereocenters. The highest BCUT2D eigenvalue weighted by Gasteiger charge is 2.15. The summed E-state index contributed by atoms with van der Waals surface area (Å²) in [6.07, 6.45) is 0. The zero-order chi connectivity index (χ0) is 21.4. The smallest absolute Gasteiger partial charge is 0.329 e. The number of anilines is 2. The number of aromatic nitrogens is 2. The maximum atomic E-state index is 14.1. The fourth-order valence-corrected chi connectivity index (χ4v) is 3.37. The Kier molecular flexibility index (Phi) is 4.83. The number of amides is 1. The Labute approximate surface area is 170 Å². The first-order valence-corrected chi connectivity index (χ1v) is 9.14. The SMILES string of the molecule is Cn1c(=O)n(Cc2ccc(C(=O)Nc3ccc(F)cc3N)cc2)c2cccc(F)c21. The van der Waals surface area contributed by atoms with Gasteiger partial charge in [0.25, 0.3) is 5.91 Å². The van der Waals surface area contributed by atoms with Crippen LogP contribution in [0.15, 0.2) is 65.5 Å². The maximum Gasteiger partial charge on any atom is 0.329 e. The second-order valence-electron chi connectivity index (χ2n) is 6.92. The molecule has 8 heteroatoms. The number of aryl methyl sites for hydroxylation is 1. The van der Waals surface area contributed by atoms with Gasteiger partial charge in [0, 0.05) is 12.6 Å². The maximum absolute atomic E-state index is 14.1. The van der Waals surface area contributed by atoms with Crippen molar-refractivity contribution in [1.29, 1.82) is 0 Å². The summed E-state index contributed by atoms with van der Waals surface area (Å²) < 4.78 is 30.0. The molecule has 4 rings (SSSR count). The standard InChI is InChI=1S/C22H18F2N4O2/c1-27-20-16(24)3-2-4-19(20)28(22(27)30)12-13-5-7-14(8-6-13)21(29)26-18-10-9-15(23)11-17(18)25/h2-11H,12,25H2,1H3,(H,26,29). The van der Waals surface area contributed by atoms with Gasteiger partial charge in [0.15, 0.2) is 0 Å². The third-order valence-electron chi connectivity index (χ3n) is 4.93. The quantitative estimate of drug-likeness (QED) is 0.507. The summed E-state index contributed by atoms with van der Waals surface area (Å²) >= 11 is 0. The number of carbonyl (C=O) groups is 1. The molecule has 0 aliphatic rings.